The van der Waals surface area contributed by atoms with Gasteiger partial charge < -0.3 is 10.2 Å². The second-order valence-electron chi connectivity index (χ2n) is 4.00. The smallest absolute Gasteiger partial charge is 0.116 e. The molecule has 0 saturated carbocycles. The van der Waals surface area contributed by atoms with E-state index in [1.807, 2.05) is 6.20 Å². The predicted molar refractivity (Wildman–Crippen MR) is 71.9 cm³/mol. The van der Waals surface area contributed by atoms with Gasteiger partial charge in [-0.25, -0.2) is 9.97 Å². The summed E-state index contributed by atoms with van der Waals surface area (Å²) in [6, 6.07) is 6.38. The molecule has 5 heteroatoms. The number of benzene rings is 1. The predicted octanol–water partition coefficient (Wildman–Crippen LogP) is 1.46. The first-order chi connectivity index (χ1) is 7.93. The van der Waals surface area contributed by atoms with Crippen molar-refractivity contribution in [2.24, 2.45) is 0 Å². The summed E-state index contributed by atoms with van der Waals surface area (Å²) in [4.78, 5) is 10.7. The van der Waals surface area contributed by atoms with Crippen molar-refractivity contribution in [1.29, 1.82) is 0 Å². The molecule has 3 rings (SSSR count). The highest BCUT2D eigenvalue weighted by molar-refractivity contribution is 5.85. The topological polar surface area (TPSA) is 41.1 Å². The van der Waals surface area contributed by atoms with E-state index in [9.17, 15) is 0 Å². The van der Waals surface area contributed by atoms with Crippen LogP contribution in [-0.4, -0.2) is 36.1 Å². The van der Waals surface area contributed by atoms with E-state index in [1.54, 1.807) is 6.33 Å². The fourth-order valence-electron chi connectivity index (χ4n) is 2.08. The molecule has 17 heavy (non-hydrogen) atoms. The third-order valence-corrected chi connectivity index (χ3v) is 2.97. The maximum absolute atomic E-state index is 4.28. The van der Waals surface area contributed by atoms with Crippen LogP contribution in [0.4, 0.5) is 5.69 Å². The highest BCUT2D eigenvalue weighted by atomic mass is 35.5. The summed E-state index contributed by atoms with van der Waals surface area (Å²) in [5.41, 5.74) is 2.28. The van der Waals surface area contributed by atoms with E-state index in [0.717, 1.165) is 37.1 Å². The zero-order valence-corrected chi connectivity index (χ0v) is 10.3. The normalized spacial score (nSPS) is 15.6. The Morgan fingerprint density at radius 2 is 2.00 bits per heavy atom. The largest absolute Gasteiger partial charge is 0.369 e. The minimum Gasteiger partial charge on any atom is -0.369 e. The SMILES string of the molecule is Cl.c1ncc2ccc(N3CCNCC3)cc2n1. The van der Waals surface area contributed by atoms with Crippen molar-refractivity contribution in [2.75, 3.05) is 31.1 Å². The molecule has 0 spiro atoms. The zero-order valence-electron chi connectivity index (χ0n) is 9.47. The summed E-state index contributed by atoms with van der Waals surface area (Å²) in [5.74, 6) is 0. The molecule has 4 nitrogen and oxygen atoms in total. The molecule has 1 aromatic carbocycles. The lowest BCUT2D eigenvalue weighted by Crippen LogP contribution is -2.43. The molecule has 0 unspecified atom stereocenters. The fraction of sp³-hybridized carbons (Fsp3) is 0.333. The highest BCUT2D eigenvalue weighted by Crippen LogP contribution is 2.20. The summed E-state index contributed by atoms with van der Waals surface area (Å²) >= 11 is 0. The minimum absolute atomic E-state index is 0. The highest BCUT2D eigenvalue weighted by Gasteiger charge is 2.10. The van der Waals surface area contributed by atoms with Crippen molar-refractivity contribution in [1.82, 2.24) is 15.3 Å². The summed E-state index contributed by atoms with van der Waals surface area (Å²) in [7, 11) is 0. The summed E-state index contributed by atoms with van der Waals surface area (Å²) in [6.07, 6.45) is 3.45. The van der Waals surface area contributed by atoms with Gasteiger partial charge in [-0.1, -0.05) is 0 Å². The molecule has 1 aromatic heterocycles. The first-order valence-corrected chi connectivity index (χ1v) is 5.59. The summed E-state index contributed by atoms with van der Waals surface area (Å²) < 4.78 is 0. The number of aromatic nitrogens is 2. The monoisotopic (exact) mass is 250 g/mol. The molecule has 90 valence electrons. The van der Waals surface area contributed by atoms with Gasteiger partial charge >= 0.3 is 0 Å². The van der Waals surface area contributed by atoms with E-state index in [0.29, 0.717) is 0 Å². The second-order valence-corrected chi connectivity index (χ2v) is 4.00. The number of hydrogen-bond donors (Lipinski definition) is 1. The van der Waals surface area contributed by atoms with Crippen LogP contribution >= 0.6 is 12.4 Å². The minimum atomic E-state index is 0. The van der Waals surface area contributed by atoms with Crippen molar-refractivity contribution in [3.63, 3.8) is 0 Å². The Hall–Kier alpha value is -1.39. The quantitative estimate of drug-likeness (QED) is 0.832. The molecule has 0 amide bonds. The van der Waals surface area contributed by atoms with E-state index in [4.69, 9.17) is 0 Å². The van der Waals surface area contributed by atoms with E-state index < -0.39 is 0 Å². The van der Waals surface area contributed by atoms with E-state index in [-0.39, 0.29) is 12.4 Å². The van der Waals surface area contributed by atoms with Gasteiger partial charge in [-0.05, 0) is 18.2 Å². The van der Waals surface area contributed by atoms with Crippen LogP contribution in [0.1, 0.15) is 0 Å². The lowest BCUT2D eigenvalue weighted by Gasteiger charge is -2.29. The maximum Gasteiger partial charge on any atom is 0.116 e. The van der Waals surface area contributed by atoms with Crippen LogP contribution in [0.3, 0.4) is 0 Å². The Bertz CT molecular complexity index is 497. The lowest BCUT2D eigenvalue weighted by atomic mass is 10.2. The van der Waals surface area contributed by atoms with Gasteiger partial charge in [-0.15, -0.1) is 12.4 Å². The van der Waals surface area contributed by atoms with Gasteiger partial charge in [0.25, 0.3) is 0 Å². The number of fused-ring (bicyclic) bond motifs is 1. The molecule has 0 radical (unpaired) electrons. The zero-order chi connectivity index (χ0) is 10.8. The van der Waals surface area contributed by atoms with Crippen LogP contribution < -0.4 is 10.2 Å². The molecule has 2 heterocycles. The number of halogens is 1. The molecular formula is C12H15ClN4. The maximum atomic E-state index is 4.28. The van der Waals surface area contributed by atoms with Gasteiger partial charge in [0.05, 0.1) is 5.52 Å². The molecule has 1 fully saturated rings. The molecule has 1 saturated heterocycles. The van der Waals surface area contributed by atoms with Crippen molar-refractivity contribution in [3.8, 4) is 0 Å². The summed E-state index contributed by atoms with van der Waals surface area (Å²) in [5, 5.41) is 4.45. The van der Waals surface area contributed by atoms with Crippen LogP contribution in [0.2, 0.25) is 0 Å². The lowest BCUT2D eigenvalue weighted by molar-refractivity contribution is 0.589. The standard InChI is InChI=1S/C12H14N4.ClH/c1-2-11(16-5-3-13-4-6-16)7-12-10(1)8-14-9-15-12;/h1-2,7-9,13H,3-6H2;1H. The average molecular weight is 251 g/mol. The van der Waals surface area contributed by atoms with Crippen molar-refractivity contribution in [3.05, 3.63) is 30.7 Å². The van der Waals surface area contributed by atoms with Gasteiger partial charge in [0.15, 0.2) is 0 Å². The molecule has 0 atom stereocenters. The molecule has 2 aromatic rings. The molecule has 1 N–H and O–H groups in total. The Morgan fingerprint density at radius 1 is 1.18 bits per heavy atom. The number of nitrogens with zero attached hydrogens (tertiary/aromatic N) is 3. The Kier molecular flexibility index (Phi) is 3.76. The van der Waals surface area contributed by atoms with Gasteiger partial charge in [0.2, 0.25) is 0 Å². The molecular weight excluding hydrogens is 236 g/mol. The van der Waals surface area contributed by atoms with Crippen LogP contribution in [-0.2, 0) is 0 Å². The van der Waals surface area contributed by atoms with E-state index >= 15 is 0 Å². The van der Waals surface area contributed by atoms with Crippen LogP contribution in [0, 0.1) is 0 Å². The number of piperazine rings is 1. The van der Waals surface area contributed by atoms with Crippen molar-refractivity contribution < 1.29 is 0 Å². The number of hydrogen-bond acceptors (Lipinski definition) is 4. The first-order valence-electron chi connectivity index (χ1n) is 5.59. The molecule has 1 aliphatic heterocycles. The number of rotatable bonds is 1. The second kappa shape index (κ2) is 5.29. The third kappa shape index (κ3) is 2.48. The Morgan fingerprint density at radius 3 is 2.82 bits per heavy atom. The van der Waals surface area contributed by atoms with Gasteiger partial charge in [0.1, 0.15) is 6.33 Å². The third-order valence-electron chi connectivity index (χ3n) is 2.97. The van der Waals surface area contributed by atoms with Gasteiger partial charge in [-0.2, -0.15) is 0 Å². The molecule has 0 aliphatic carbocycles. The molecule has 1 aliphatic rings. The number of nitrogens with one attached hydrogen (secondary N) is 1. The van der Waals surface area contributed by atoms with Gasteiger partial charge in [0, 0.05) is 43.4 Å². The van der Waals surface area contributed by atoms with E-state index in [2.05, 4.69) is 38.4 Å². The van der Waals surface area contributed by atoms with Gasteiger partial charge in [-0.3, -0.25) is 0 Å². The van der Waals surface area contributed by atoms with Crippen LogP contribution in [0.25, 0.3) is 10.9 Å². The Labute approximate surface area is 106 Å². The van der Waals surface area contributed by atoms with E-state index in [1.165, 1.54) is 5.69 Å². The number of anilines is 1. The van der Waals surface area contributed by atoms with Crippen molar-refractivity contribution in [2.45, 2.75) is 0 Å². The molecule has 0 bridgehead atoms. The first kappa shape index (κ1) is 12.1. The van der Waals surface area contributed by atoms with Crippen LogP contribution in [0.5, 0.6) is 0 Å². The Balaban J connectivity index is 0.00000108. The van der Waals surface area contributed by atoms with Crippen LogP contribution in [0.15, 0.2) is 30.7 Å². The average Bonchev–Trinajstić information content (AvgIpc) is 2.39. The van der Waals surface area contributed by atoms with Crippen molar-refractivity contribution >= 4 is 29.0 Å². The fourth-order valence-corrected chi connectivity index (χ4v) is 2.08. The summed E-state index contributed by atoms with van der Waals surface area (Å²) in [6.45, 7) is 4.25.